The largest absolute Gasteiger partial charge is 0.347 e. The normalized spacial score (nSPS) is 16.0. The Labute approximate surface area is 201 Å². The predicted octanol–water partition coefficient (Wildman–Crippen LogP) is 3.90. The third-order valence-corrected chi connectivity index (χ3v) is 7.46. The summed E-state index contributed by atoms with van der Waals surface area (Å²) < 4.78 is 2.08. The lowest BCUT2D eigenvalue weighted by Crippen LogP contribution is -2.38. The molecule has 4 heterocycles. The van der Waals surface area contributed by atoms with E-state index in [1.165, 1.54) is 23.0 Å². The zero-order valence-electron chi connectivity index (χ0n) is 19.3. The molecule has 0 aliphatic carbocycles. The summed E-state index contributed by atoms with van der Waals surface area (Å²) in [6, 6.07) is 10.3. The summed E-state index contributed by atoms with van der Waals surface area (Å²) in [5, 5.41) is 4.01. The molecule has 4 aromatic rings. The Morgan fingerprint density at radius 2 is 2.15 bits per heavy atom. The van der Waals surface area contributed by atoms with E-state index in [4.69, 9.17) is 0 Å². The van der Waals surface area contributed by atoms with Gasteiger partial charge < -0.3 is 15.2 Å². The zero-order valence-corrected chi connectivity index (χ0v) is 20.1. The van der Waals surface area contributed by atoms with E-state index < -0.39 is 0 Å². The van der Waals surface area contributed by atoms with Crippen LogP contribution in [0.4, 0.5) is 0 Å². The Kier molecular flexibility index (Phi) is 5.61. The maximum Gasteiger partial charge on any atom is 0.263 e. The number of rotatable bonds is 5. The molecule has 1 aliphatic heterocycles. The third-order valence-electron chi connectivity index (χ3n) is 6.36. The van der Waals surface area contributed by atoms with Crippen molar-refractivity contribution in [3.8, 4) is 5.69 Å². The van der Waals surface area contributed by atoms with Crippen LogP contribution in [0.5, 0.6) is 0 Å². The van der Waals surface area contributed by atoms with Gasteiger partial charge in [-0.2, -0.15) is 0 Å². The number of nitrogens with one attached hydrogen (secondary N) is 2. The number of aromatic amines is 1. The summed E-state index contributed by atoms with van der Waals surface area (Å²) >= 11 is 1.36. The molecular weight excluding hydrogens is 446 g/mol. The van der Waals surface area contributed by atoms with Crippen molar-refractivity contribution in [1.29, 1.82) is 0 Å². The number of carbonyl (C=O) groups excluding carboxylic acids is 2. The summed E-state index contributed by atoms with van der Waals surface area (Å²) in [7, 11) is 0. The van der Waals surface area contributed by atoms with Gasteiger partial charge in [-0.3, -0.25) is 14.2 Å². The third kappa shape index (κ3) is 3.74. The van der Waals surface area contributed by atoms with Crippen LogP contribution >= 0.6 is 11.3 Å². The second-order valence-electron chi connectivity index (χ2n) is 8.92. The van der Waals surface area contributed by atoms with Gasteiger partial charge in [0.25, 0.3) is 5.91 Å². The van der Waals surface area contributed by atoms with Crippen molar-refractivity contribution in [2.75, 3.05) is 13.1 Å². The first kappa shape index (κ1) is 22.2. The van der Waals surface area contributed by atoms with E-state index >= 15 is 0 Å². The molecule has 7 nitrogen and oxygen atoms in total. The van der Waals surface area contributed by atoms with Crippen molar-refractivity contribution in [1.82, 2.24) is 24.8 Å². The van der Waals surface area contributed by atoms with Crippen molar-refractivity contribution in [2.24, 2.45) is 0 Å². The molecule has 0 bridgehead atoms. The van der Waals surface area contributed by atoms with Crippen LogP contribution in [0.1, 0.15) is 41.4 Å². The molecule has 1 aliphatic rings. The fourth-order valence-electron chi connectivity index (χ4n) is 4.59. The summed E-state index contributed by atoms with van der Waals surface area (Å²) in [6.07, 6.45) is 3.80. The van der Waals surface area contributed by atoms with Crippen molar-refractivity contribution < 1.29 is 9.59 Å². The average molecular weight is 474 g/mol. The molecule has 1 fully saturated rings. The Morgan fingerprint density at radius 1 is 1.32 bits per heavy atom. The number of benzene rings is 1. The summed E-state index contributed by atoms with van der Waals surface area (Å²) in [6.45, 7) is 13.3. The van der Waals surface area contributed by atoms with Crippen molar-refractivity contribution >= 4 is 51.0 Å². The van der Waals surface area contributed by atoms with Gasteiger partial charge in [0.2, 0.25) is 5.91 Å². The van der Waals surface area contributed by atoms with Crippen LogP contribution < -0.4 is 10.8 Å². The predicted molar refractivity (Wildman–Crippen MR) is 137 cm³/mol. The van der Waals surface area contributed by atoms with Crippen molar-refractivity contribution in [3.63, 3.8) is 0 Å². The highest BCUT2D eigenvalue weighted by atomic mass is 32.1. The molecule has 1 atom stereocenters. The maximum atomic E-state index is 13.3. The van der Waals surface area contributed by atoms with Gasteiger partial charge >= 0.3 is 0 Å². The highest BCUT2D eigenvalue weighted by Crippen LogP contribution is 2.34. The lowest BCUT2D eigenvalue weighted by Gasteiger charge is -2.16. The number of hydrogen-bond donors (Lipinski definition) is 2. The van der Waals surface area contributed by atoms with Crippen LogP contribution in [0.25, 0.3) is 33.5 Å². The number of aromatic nitrogens is 3. The quantitative estimate of drug-likeness (QED) is 0.431. The van der Waals surface area contributed by atoms with Crippen LogP contribution in [-0.4, -0.2) is 50.4 Å². The summed E-state index contributed by atoms with van der Waals surface area (Å²) in [4.78, 5) is 36.1. The molecule has 8 heteroatoms. The molecule has 2 N–H and O–H groups in total. The molecule has 0 saturated carbocycles. The standard InChI is InChI=1S/C26H27N5O2S/c1-5-21(32)30-12-10-18(14-30)29-25(33)24-23-22-20(9-11-27-26(22)34-24)31(16(4)28-23)19-8-6-7-17(13-19)15(2)3/h5-9,11,13,15,18,28H,1,4,10,12,14H2,2-3H3,(H,29,33)/t18-/m1/s1. The van der Waals surface area contributed by atoms with E-state index in [2.05, 4.69) is 71.1 Å². The van der Waals surface area contributed by atoms with E-state index in [9.17, 15) is 9.59 Å². The first-order chi connectivity index (χ1) is 16.4. The number of amides is 2. The first-order valence-electron chi connectivity index (χ1n) is 11.4. The molecule has 0 spiro atoms. The van der Waals surface area contributed by atoms with Gasteiger partial charge in [0.15, 0.2) is 0 Å². The summed E-state index contributed by atoms with van der Waals surface area (Å²) in [5.74, 6) is 0.128. The van der Waals surface area contributed by atoms with Gasteiger partial charge in [-0.1, -0.05) is 39.1 Å². The SMILES string of the molecule is C=CC(=O)N1CC[C@@H](NC(=O)c2sc3nccc4c3c2[nH]c(=C)n4-c2cccc(C(C)C)c2)C1. The minimum atomic E-state index is -0.169. The Morgan fingerprint density at radius 3 is 2.91 bits per heavy atom. The second-order valence-corrected chi connectivity index (χ2v) is 9.92. The van der Waals surface area contributed by atoms with E-state index in [1.54, 1.807) is 11.1 Å². The van der Waals surface area contributed by atoms with Gasteiger partial charge in [-0.25, -0.2) is 4.98 Å². The van der Waals surface area contributed by atoms with Crippen LogP contribution in [0.2, 0.25) is 0 Å². The second kappa shape index (κ2) is 8.61. The smallest absolute Gasteiger partial charge is 0.263 e. The maximum absolute atomic E-state index is 13.3. The molecule has 174 valence electrons. The topological polar surface area (TPSA) is 83.0 Å². The number of pyridine rings is 1. The Bertz CT molecular complexity index is 1490. The van der Waals surface area contributed by atoms with Crippen molar-refractivity contribution in [3.05, 3.63) is 65.1 Å². The number of hydrogen-bond acceptors (Lipinski definition) is 4. The first-order valence-corrected chi connectivity index (χ1v) is 12.2. The number of nitrogens with zero attached hydrogens (tertiary/aromatic N) is 3. The van der Waals surface area contributed by atoms with Crippen LogP contribution in [0, 0.1) is 0 Å². The molecule has 0 radical (unpaired) electrons. The van der Waals surface area contributed by atoms with Crippen LogP contribution in [0.15, 0.2) is 49.2 Å². The van der Waals surface area contributed by atoms with Gasteiger partial charge in [0.1, 0.15) is 15.2 Å². The lowest BCUT2D eigenvalue weighted by atomic mass is 10.0. The number of carbonyl (C=O) groups is 2. The Balaban J connectivity index is 1.55. The van der Waals surface area contributed by atoms with Crippen molar-refractivity contribution in [2.45, 2.75) is 32.2 Å². The monoisotopic (exact) mass is 473 g/mol. The van der Waals surface area contributed by atoms with Crippen LogP contribution in [-0.2, 0) is 4.79 Å². The van der Waals surface area contributed by atoms with E-state index in [0.29, 0.717) is 29.4 Å². The highest BCUT2D eigenvalue weighted by molar-refractivity contribution is 7.21. The fourth-order valence-corrected chi connectivity index (χ4v) is 5.62. The van der Waals surface area contributed by atoms with Gasteiger partial charge in [0, 0.05) is 31.0 Å². The van der Waals surface area contributed by atoms with Gasteiger partial charge in [-0.05, 0) is 42.2 Å². The molecule has 34 heavy (non-hydrogen) atoms. The molecule has 1 aromatic carbocycles. The molecular formula is C26H27N5O2S. The van der Waals surface area contributed by atoms with E-state index in [-0.39, 0.29) is 17.9 Å². The summed E-state index contributed by atoms with van der Waals surface area (Å²) in [5.41, 5.74) is 4.61. The molecule has 5 rings (SSSR count). The van der Waals surface area contributed by atoms with E-state index in [1.807, 2.05) is 6.07 Å². The zero-order chi connectivity index (χ0) is 24.0. The minimum Gasteiger partial charge on any atom is -0.347 e. The highest BCUT2D eigenvalue weighted by Gasteiger charge is 2.28. The van der Waals surface area contributed by atoms with Crippen LogP contribution in [0.3, 0.4) is 0 Å². The number of thiophene rings is 1. The van der Waals surface area contributed by atoms with Gasteiger partial charge in [-0.15, -0.1) is 11.3 Å². The molecule has 1 saturated heterocycles. The molecule has 2 amide bonds. The lowest BCUT2D eigenvalue weighted by molar-refractivity contribution is -0.125. The molecule has 3 aromatic heterocycles. The number of H-pyrrole nitrogens is 1. The van der Waals surface area contributed by atoms with E-state index in [0.717, 1.165) is 33.4 Å². The fraction of sp³-hybridized carbons (Fsp3) is 0.269. The molecule has 0 unspecified atom stereocenters. The average Bonchev–Trinajstić information content (AvgIpc) is 3.44. The minimum absolute atomic E-state index is 0.0942. The Hall–Kier alpha value is -3.65. The number of likely N-dealkylation sites (tertiary alicyclic amines) is 1. The van der Waals surface area contributed by atoms with Gasteiger partial charge in [0.05, 0.1) is 16.4 Å².